The molecule has 0 saturated carbocycles. The number of anilines is 2. The molecule has 3 rings (SSSR count). The van der Waals surface area contributed by atoms with E-state index in [2.05, 4.69) is 29.2 Å². The molecule has 1 N–H and O–H groups in total. The molecule has 3 aromatic rings. The summed E-state index contributed by atoms with van der Waals surface area (Å²) in [5.41, 5.74) is 3.12. The maximum absolute atomic E-state index is 11.2. The molecule has 0 aromatic heterocycles. The van der Waals surface area contributed by atoms with Gasteiger partial charge < -0.3 is 19.5 Å². The van der Waals surface area contributed by atoms with Crippen LogP contribution in [0.2, 0.25) is 0 Å². The molecule has 0 spiro atoms. The van der Waals surface area contributed by atoms with E-state index in [9.17, 15) is 9.90 Å². The second kappa shape index (κ2) is 11.0. The smallest absolute Gasteiger partial charge is 0.333 e. The zero-order chi connectivity index (χ0) is 21.2. The van der Waals surface area contributed by atoms with Gasteiger partial charge in [-0.15, -0.1) is 0 Å². The van der Waals surface area contributed by atoms with Crippen molar-refractivity contribution in [2.24, 2.45) is 0 Å². The number of nitrogens with zero attached hydrogens (tertiary/aromatic N) is 1. The Hall–Kier alpha value is -3.31. The fourth-order valence-electron chi connectivity index (χ4n) is 3.23. The van der Waals surface area contributed by atoms with E-state index >= 15 is 0 Å². The normalized spacial score (nSPS) is 11.6. The van der Waals surface area contributed by atoms with Gasteiger partial charge in [0, 0.05) is 24.4 Å². The van der Waals surface area contributed by atoms with Crippen LogP contribution in [0.25, 0.3) is 0 Å². The van der Waals surface area contributed by atoms with Gasteiger partial charge in [0.05, 0.1) is 6.54 Å². The fourth-order valence-corrected chi connectivity index (χ4v) is 3.23. The summed E-state index contributed by atoms with van der Waals surface area (Å²) in [6.45, 7) is 3.37. The van der Waals surface area contributed by atoms with Gasteiger partial charge in [0.1, 0.15) is 12.4 Å². The first-order valence-electron chi connectivity index (χ1n) is 10.1. The lowest BCUT2D eigenvalue weighted by Crippen LogP contribution is -2.26. The molecule has 30 heavy (non-hydrogen) atoms. The summed E-state index contributed by atoms with van der Waals surface area (Å²) in [4.78, 5) is 13.5. The molecule has 3 aromatic carbocycles. The minimum Gasteiger partial charge on any atom is -0.492 e. The first-order valence-corrected chi connectivity index (χ1v) is 10.1. The van der Waals surface area contributed by atoms with E-state index in [0.29, 0.717) is 26.2 Å². The Morgan fingerprint density at radius 3 is 1.97 bits per heavy atom. The van der Waals surface area contributed by atoms with Crippen molar-refractivity contribution in [1.29, 1.82) is 0 Å². The Morgan fingerprint density at radius 1 is 0.900 bits per heavy atom. The van der Waals surface area contributed by atoms with Crippen LogP contribution in [0.15, 0.2) is 84.9 Å². The summed E-state index contributed by atoms with van der Waals surface area (Å²) < 4.78 is 11.2. The van der Waals surface area contributed by atoms with Crippen molar-refractivity contribution >= 4 is 17.3 Å². The van der Waals surface area contributed by atoms with E-state index in [1.165, 1.54) is 0 Å². The van der Waals surface area contributed by atoms with E-state index in [4.69, 9.17) is 9.47 Å². The van der Waals surface area contributed by atoms with Crippen LogP contribution in [0.3, 0.4) is 0 Å². The summed E-state index contributed by atoms with van der Waals surface area (Å²) >= 11 is 0. The summed E-state index contributed by atoms with van der Waals surface area (Å²) in [6.07, 6.45) is -0.494. The molecule has 0 saturated heterocycles. The van der Waals surface area contributed by atoms with Crippen molar-refractivity contribution < 1.29 is 19.4 Å². The van der Waals surface area contributed by atoms with Gasteiger partial charge >= 0.3 is 5.97 Å². The van der Waals surface area contributed by atoms with E-state index in [1.54, 1.807) is 6.92 Å². The van der Waals surface area contributed by atoms with Gasteiger partial charge in [-0.25, -0.2) is 4.79 Å². The third-order valence-corrected chi connectivity index (χ3v) is 4.71. The lowest BCUT2D eigenvalue weighted by molar-refractivity contribution is -0.149. The standard InChI is InChI=1S/C25H27NO4/c1-2-29-24(25(27)28)19-20-13-15-23(16-14-20)30-18-17-26(21-9-5-3-6-10-21)22-11-7-4-8-12-22/h3-16,24H,2,17-19H2,1H3,(H,27,28)/t24-/m0/s1. The average molecular weight is 405 g/mol. The minimum atomic E-state index is -0.945. The predicted molar refractivity (Wildman–Crippen MR) is 119 cm³/mol. The highest BCUT2D eigenvalue weighted by Crippen LogP contribution is 2.24. The van der Waals surface area contributed by atoms with E-state index < -0.39 is 12.1 Å². The molecular formula is C25H27NO4. The molecular weight excluding hydrogens is 378 g/mol. The van der Waals surface area contributed by atoms with Crippen LogP contribution >= 0.6 is 0 Å². The molecule has 0 amide bonds. The SMILES string of the molecule is CCO[C@@H](Cc1ccc(OCCN(c2ccccc2)c2ccccc2)cc1)C(=O)O. The largest absolute Gasteiger partial charge is 0.492 e. The Labute approximate surface area is 177 Å². The molecule has 0 fully saturated rings. The third-order valence-electron chi connectivity index (χ3n) is 4.71. The number of ether oxygens (including phenoxy) is 2. The van der Waals surface area contributed by atoms with Gasteiger partial charge in [0.25, 0.3) is 0 Å². The van der Waals surface area contributed by atoms with Gasteiger partial charge in [-0.1, -0.05) is 48.5 Å². The lowest BCUT2D eigenvalue weighted by Gasteiger charge is -2.25. The summed E-state index contributed by atoms with van der Waals surface area (Å²) in [5, 5.41) is 9.22. The molecule has 0 bridgehead atoms. The second-order valence-electron chi connectivity index (χ2n) is 6.80. The summed E-state index contributed by atoms with van der Waals surface area (Å²) in [5.74, 6) is -0.192. The van der Waals surface area contributed by atoms with Gasteiger partial charge in [-0.2, -0.15) is 0 Å². The van der Waals surface area contributed by atoms with Crippen LogP contribution in [-0.2, 0) is 16.0 Å². The van der Waals surface area contributed by atoms with Crippen LogP contribution in [-0.4, -0.2) is 36.9 Å². The topological polar surface area (TPSA) is 59.0 Å². The maximum Gasteiger partial charge on any atom is 0.333 e. The number of benzene rings is 3. The first kappa shape index (κ1) is 21.4. The van der Waals surface area contributed by atoms with Gasteiger partial charge in [-0.3, -0.25) is 0 Å². The number of aliphatic carboxylic acids is 1. The van der Waals surface area contributed by atoms with Crippen molar-refractivity contribution in [1.82, 2.24) is 0 Å². The zero-order valence-corrected chi connectivity index (χ0v) is 17.1. The molecule has 156 valence electrons. The van der Waals surface area contributed by atoms with Gasteiger partial charge in [0.2, 0.25) is 0 Å². The number of carbonyl (C=O) groups is 1. The highest BCUT2D eigenvalue weighted by Gasteiger charge is 2.17. The predicted octanol–water partition coefficient (Wildman–Crippen LogP) is 4.94. The molecule has 5 heteroatoms. The average Bonchev–Trinajstić information content (AvgIpc) is 2.78. The number of para-hydroxylation sites is 2. The molecule has 5 nitrogen and oxygen atoms in total. The minimum absolute atomic E-state index is 0.333. The summed E-state index contributed by atoms with van der Waals surface area (Å²) in [7, 11) is 0. The van der Waals surface area contributed by atoms with Crippen LogP contribution in [0.5, 0.6) is 5.75 Å². The van der Waals surface area contributed by atoms with Crippen molar-refractivity contribution in [3.8, 4) is 5.75 Å². The van der Waals surface area contributed by atoms with Crippen molar-refractivity contribution in [2.75, 3.05) is 24.7 Å². The number of hydrogen-bond donors (Lipinski definition) is 1. The molecule has 0 unspecified atom stereocenters. The Kier molecular flexibility index (Phi) is 7.86. The molecule has 0 radical (unpaired) electrons. The number of rotatable bonds is 11. The molecule has 0 aliphatic carbocycles. The van der Waals surface area contributed by atoms with Crippen LogP contribution in [0, 0.1) is 0 Å². The number of carboxylic acid groups (broad SMARTS) is 1. The van der Waals surface area contributed by atoms with E-state index in [0.717, 1.165) is 22.7 Å². The fraction of sp³-hybridized carbons (Fsp3) is 0.240. The summed E-state index contributed by atoms with van der Waals surface area (Å²) in [6, 6.07) is 28.0. The van der Waals surface area contributed by atoms with Crippen molar-refractivity contribution in [3.63, 3.8) is 0 Å². The quantitative estimate of drug-likeness (QED) is 0.490. The highest BCUT2D eigenvalue weighted by molar-refractivity contribution is 5.72. The molecule has 0 heterocycles. The number of carboxylic acids is 1. The first-order chi connectivity index (χ1) is 14.7. The van der Waals surface area contributed by atoms with E-state index in [1.807, 2.05) is 60.7 Å². The molecule has 1 atom stereocenters. The Bertz CT molecular complexity index is 858. The Morgan fingerprint density at radius 2 is 1.47 bits per heavy atom. The van der Waals surface area contributed by atoms with Crippen molar-refractivity contribution in [3.05, 3.63) is 90.5 Å². The third kappa shape index (κ3) is 6.09. The second-order valence-corrected chi connectivity index (χ2v) is 6.80. The Balaban J connectivity index is 1.59. The van der Waals surface area contributed by atoms with Gasteiger partial charge in [-0.05, 0) is 48.9 Å². The maximum atomic E-state index is 11.2. The van der Waals surface area contributed by atoms with Crippen LogP contribution in [0.4, 0.5) is 11.4 Å². The van der Waals surface area contributed by atoms with Gasteiger partial charge in [0.15, 0.2) is 6.10 Å². The lowest BCUT2D eigenvalue weighted by atomic mass is 10.1. The van der Waals surface area contributed by atoms with Crippen LogP contribution < -0.4 is 9.64 Å². The molecule has 0 aliphatic heterocycles. The van der Waals surface area contributed by atoms with Crippen molar-refractivity contribution in [2.45, 2.75) is 19.4 Å². The highest BCUT2D eigenvalue weighted by atomic mass is 16.5. The van der Waals surface area contributed by atoms with E-state index in [-0.39, 0.29) is 0 Å². The zero-order valence-electron chi connectivity index (χ0n) is 17.1. The molecule has 0 aliphatic rings. The van der Waals surface area contributed by atoms with Crippen LogP contribution in [0.1, 0.15) is 12.5 Å². The number of hydrogen-bond acceptors (Lipinski definition) is 4. The monoisotopic (exact) mass is 405 g/mol.